The molecule has 0 aliphatic carbocycles. The molecule has 8 heteroatoms. The van der Waals surface area contributed by atoms with Gasteiger partial charge in [-0.2, -0.15) is 0 Å². The van der Waals surface area contributed by atoms with Crippen LogP contribution in [-0.4, -0.2) is 50.1 Å². The number of aryl methyl sites for hydroxylation is 1. The SMILES string of the molecule is O=C1CCc2ccc(OCCCCN3CCN(c4ccc(OCc5ccccc5)c(Cl)c4Cl)CC3)cc2N1. The van der Waals surface area contributed by atoms with E-state index in [0.29, 0.717) is 35.4 Å². The van der Waals surface area contributed by atoms with Gasteiger partial charge in [-0.3, -0.25) is 9.69 Å². The molecule has 2 aliphatic heterocycles. The number of rotatable bonds is 10. The zero-order valence-corrected chi connectivity index (χ0v) is 22.9. The standard InChI is InChI=1S/C30H33Cl2N3O3/c31-29-26(11-12-27(30(29)32)38-21-22-6-2-1-3-7-22)35-17-15-34(16-18-35)14-4-5-19-37-24-10-8-23-9-13-28(36)33-25(23)20-24/h1-3,6-8,10-12,20H,4-5,9,13-19,21H2,(H,33,36). The average Bonchev–Trinajstić information content (AvgIpc) is 2.94. The van der Waals surface area contributed by atoms with E-state index in [4.69, 9.17) is 32.7 Å². The Hall–Kier alpha value is -2.93. The Balaban J connectivity index is 1.03. The molecule has 0 bridgehead atoms. The Kier molecular flexibility index (Phi) is 8.94. The molecule has 0 atom stereocenters. The van der Waals surface area contributed by atoms with E-state index >= 15 is 0 Å². The lowest BCUT2D eigenvalue weighted by Gasteiger charge is -2.36. The Morgan fingerprint density at radius 3 is 2.47 bits per heavy atom. The molecule has 2 heterocycles. The highest BCUT2D eigenvalue weighted by atomic mass is 35.5. The number of fused-ring (bicyclic) bond motifs is 1. The molecule has 1 amide bonds. The van der Waals surface area contributed by atoms with Crippen molar-refractivity contribution in [3.8, 4) is 11.5 Å². The average molecular weight is 555 g/mol. The minimum atomic E-state index is 0.0741. The number of hydrogen-bond donors (Lipinski definition) is 1. The van der Waals surface area contributed by atoms with Gasteiger partial charge >= 0.3 is 0 Å². The lowest BCUT2D eigenvalue weighted by Crippen LogP contribution is -2.46. The van der Waals surface area contributed by atoms with Gasteiger partial charge in [0.2, 0.25) is 5.91 Å². The van der Waals surface area contributed by atoms with Crippen molar-refractivity contribution in [2.24, 2.45) is 0 Å². The third-order valence-corrected chi connectivity index (χ3v) is 7.95. The fraction of sp³-hybridized carbons (Fsp3) is 0.367. The summed E-state index contributed by atoms with van der Waals surface area (Å²) in [5, 5.41) is 3.94. The molecule has 3 aromatic rings. The van der Waals surface area contributed by atoms with Gasteiger partial charge in [0.1, 0.15) is 23.1 Å². The first-order valence-corrected chi connectivity index (χ1v) is 14.0. The predicted molar refractivity (Wildman–Crippen MR) is 154 cm³/mol. The molecule has 1 fully saturated rings. The lowest BCUT2D eigenvalue weighted by molar-refractivity contribution is -0.116. The number of halogens is 2. The molecule has 3 aromatic carbocycles. The van der Waals surface area contributed by atoms with E-state index in [-0.39, 0.29) is 5.91 Å². The van der Waals surface area contributed by atoms with Gasteiger partial charge in [0.15, 0.2) is 0 Å². The second kappa shape index (κ2) is 12.7. The van der Waals surface area contributed by atoms with Gasteiger partial charge < -0.3 is 19.7 Å². The van der Waals surface area contributed by atoms with Crippen LogP contribution in [0.25, 0.3) is 0 Å². The summed E-state index contributed by atoms with van der Waals surface area (Å²) < 4.78 is 11.8. The van der Waals surface area contributed by atoms with Crippen molar-refractivity contribution in [1.82, 2.24) is 4.90 Å². The smallest absolute Gasteiger partial charge is 0.224 e. The maximum absolute atomic E-state index is 11.6. The second-order valence-electron chi connectivity index (χ2n) is 9.74. The fourth-order valence-electron chi connectivity index (χ4n) is 4.89. The quantitative estimate of drug-likeness (QED) is 0.293. The highest BCUT2D eigenvalue weighted by Crippen LogP contribution is 2.40. The molecule has 0 radical (unpaired) electrons. The molecule has 0 aromatic heterocycles. The summed E-state index contributed by atoms with van der Waals surface area (Å²) in [7, 11) is 0. The first kappa shape index (κ1) is 26.7. The van der Waals surface area contributed by atoms with E-state index in [1.807, 2.05) is 60.7 Å². The highest BCUT2D eigenvalue weighted by molar-refractivity contribution is 6.44. The zero-order chi connectivity index (χ0) is 26.3. The molecular formula is C30H33Cl2N3O3. The first-order chi connectivity index (χ1) is 18.6. The summed E-state index contributed by atoms with van der Waals surface area (Å²) in [4.78, 5) is 16.4. The summed E-state index contributed by atoms with van der Waals surface area (Å²) in [6, 6.07) is 19.9. The normalized spacial score (nSPS) is 15.6. The van der Waals surface area contributed by atoms with E-state index in [0.717, 1.165) is 74.7 Å². The van der Waals surface area contributed by atoms with Gasteiger partial charge in [-0.05, 0) is 55.1 Å². The minimum absolute atomic E-state index is 0.0741. The molecule has 0 unspecified atom stereocenters. The minimum Gasteiger partial charge on any atom is -0.494 e. The Morgan fingerprint density at radius 1 is 0.842 bits per heavy atom. The van der Waals surface area contributed by atoms with Crippen molar-refractivity contribution in [3.63, 3.8) is 0 Å². The van der Waals surface area contributed by atoms with Crippen molar-refractivity contribution in [3.05, 3.63) is 81.8 Å². The van der Waals surface area contributed by atoms with Crippen LogP contribution in [0.5, 0.6) is 11.5 Å². The van der Waals surface area contributed by atoms with Crippen LogP contribution in [0, 0.1) is 0 Å². The summed E-state index contributed by atoms with van der Waals surface area (Å²) in [6.45, 7) is 5.91. The molecule has 6 nitrogen and oxygen atoms in total. The van der Waals surface area contributed by atoms with Gasteiger partial charge in [0.25, 0.3) is 0 Å². The lowest BCUT2D eigenvalue weighted by atomic mass is 10.0. The molecule has 2 aliphatic rings. The Bertz CT molecular complexity index is 1250. The number of amides is 1. The zero-order valence-electron chi connectivity index (χ0n) is 21.4. The number of nitrogens with zero attached hydrogens (tertiary/aromatic N) is 2. The number of piperazine rings is 1. The summed E-state index contributed by atoms with van der Waals surface area (Å²) >= 11 is 13.2. The topological polar surface area (TPSA) is 54.0 Å². The maximum Gasteiger partial charge on any atom is 0.224 e. The van der Waals surface area contributed by atoms with Gasteiger partial charge in [-0.1, -0.05) is 59.6 Å². The van der Waals surface area contributed by atoms with Crippen molar-refractivity contribution >= 4 is 40.5 Å². The van der Waals surface area contributed by atoms with E-state index in [2.05, 4.69) is 15.1 Å². The predicted octanol–water partition coefficient (Wildman–Crippen LogP) is 6.44. The van der Waals surface area contributed by atoms with Crippen LogP contribution in [-0.2, 0) is 17.8 Å². The molecule has 5 rings (SSSR count). The van der Waals surface area contributed by atoms with Gasteiger partial charge in [-0.15, -0.1) is 0 Å². The van der Waals surface area contributed by atoms with Crippen LogP contribution < -0.4 is 19.7 Å². The molecule has 0 spiro atoms. The van der Waals surface area contributed by atoms with Crippen LogP contribution in [0.1, 0.15) is 30.4 Å². The number of benzene rings is 3. The summed E-state index contributed by atoms with van der Waals surface area (Å²) in [5.41, 5.74) is 4.09. The maximum atomic E-state index is 11.6. The van der Waals surface area contributed by atoms with E-state index in [1.165, 1.54) is 5.56 Å². The monoisotopic (exact) mass is 553 g/mol. The van der Waals surface area contributed by atoms with Gasteiger partial charge in [0.05, 0.1) is 17.3 Å². The van der Waals surface area contributed by atoms with Crippen LogP contribution in [0.2, 0.25) is 10.0 Å². The van der Waals surface area contributed by atoms with Crippen LogP contribution in [0.4, 0.5) is 11.4 Å². The van der Waals surface area contributed by atoms with Crippen LogP contribution in [0.15, 0.2) is 60.7 Å². The number of nitrogens with one attached hydrogen (secondary N) is 1. The van der Waals surface area contributed by atoms with E-state index < -0.39 is 0 Å². The Labute approximate surface area is 234 Å². The van der Waals surface area contributed by atoms with Crippen LogP contribution in [0.3, 0.4) is 0 Å². The molecule has 200 valence electrons. The van der Waals surface area contributed by atoms with Crippen molar-refractivity contribution in [2.75, 3.05) is 49.5 Å². The molecule has 38 heavy (non-hydrogen) atoms. The van der Waals surface area contributed by atoms with Crippen molar-refractivity contribution in [2.45, 2.75) is 32.3 Å². The fourth-order valence-corrected chi connectivity index (χ4v) is 5.38. The second-order valence-corrected chi connectivity index (χ2v) is 10.5. The van der Waals surface area contributed by atoms with Crippen LogP contribution >= 0.6 is 23.2 Å². The first-order valence-electron chi connectivity index (χ1n) is 13.2. The number of unbranched alkanes of at least 4 members (excludes halogenated alkanes) is 1. The van der Waals surface area contributed by atoms with Crippen molar-refractivity contribution < 1.29 is 14.3 Å². The van der Waals surface area contributed by atoms with Gasteiger partial charge in [-0.25, -0.2) is 0 Å². The number of carbonyl (C=O) groups is 1. The number of ether oxygens (including phenoxy) is 2. The molecular weight excluding hydrogens is 521 g/mol. The third kappa shape index (κ3) is 6.73. The van der Waals surface area contributed by atoms with E-state index in [1.54, 1.807) is 0 Å². The van der Waals surface area contributed by atoms with Gasteiger partial charge in [0, 0.05) is 44.4 Å². The molecule has 1 N–H and O–H groups in total. The third-order valence-electron chi connectivity index (χ3n) is 7.09. The number of hydrogen-bond acceptors (Lipinski definition) is 5. The summed E-state index contributed by atoms with van der Waals surface area (Å²) in [5.74, 6) is 1.49. The van der Waals surface area contributed by atoms with E-state index in [9.17, 15) is 4.79 Å². The molecule has 1 saturated heterocycles. The highest BCUT2D eigenvalue weighted by Gasteiger charge is 2.21. The largest absolute Gasteiger partial charge is 0.494 e. The Morgan fingerprint density at radius 2 is 1.66 bits per heavy atom. The van der Waals surface area contributed by atoms with Crippen molar-refractivity contribution in [1.29, 1.82) is 0 Å². The number of anilines is 2. The summed E-state index contributed by atoms with van der Waals surface area (Å²) in [6.07, 6.45) is 3.40. The number of carbonyl (C=O) groups excluding carboxylic acids is 1. The molecule has 0 saturated carbocycles.